The Bertz CT molecular complexity index is 582. The van der Waals surface area contributed by atoms with E-state index in [1.807, 2.05) is 6.92 Å². The molecule has 1 aromatic carbocycles. The first-order chi connectivity index (χ1) is 9.31. The van der Waals surface area contributed by atoms with Crippen LogP contribution in [0.4, 0.5) is 5.69 Å². The number of unbranched alkanes of at least 4 members (excludes halogenated alkanes) is 1. The molecule has 0 fully saturated rings. The Morgan fingerprint density at radius 2 is 2.05 bits per heavy atom. The Morgan fingerprint density at radius 3 is 2.50 bits per heavy atom. The molecule has 0 heterocycles. The molecule has 0 saturated carbocycles. The van der Waals surface area contributed by atoms with Gasteiger partial charge in [-0.25, -0.2) is 0 Å². The van der Waals surface area contributed by atoms with Crippen LogP contribution in [-0.4, -0.2) is 32.5 Å². The Hall–Kier alpha value is -1.60. The van der Waals surface area contributed by atoms with E-state index >= 15 is 0 Å². The summed E-state index contributed by atoms with van der Waals surface area (Å²) < 4.78 is 36.7. The third-order valence-electron chi connectivity index (χ3n) is 2.85. The molecule has 1 N–H and O–H groups in total. The van der Waals surface area contributed by atoms with Crippen LogP contribution in [0.15, 0.2) is 23.1 Å². The lowest BCUT2D eigenvalue weighted by Gasteiger charge is -2.23. The van der Waals surface area contributed by atoms with Crippen LogP contribution in [0.5, 0.6) is 5.75 Å². The molecule has 0 aliphatic heterocycles. The summed E-state index contributed by atoms with van der Waals surface area (Å²) >= 11 is 0. The molecule has 0 aliphatic rings. The van der Waals surface area contributed by atoms with Gasteiger partial charge in [0.05, 0.1) is 17.7 Å². The van der Waals surface area contributed by atoms with Crippen molar-refractivity contribution in [2.45, 2.75) is 31.6 Å². The lowest BCUT2D eigenvalue weighted by molar-refractivity contribution is -0.116. The van der Waals surface area contributed by atoms with Crippen molar-refractivity contribution in [1.29, 1.82) is 0 Å². The molecule has 1 aromatic rings. The van der Waals surface area contributed by atoms with Crippen LogP contribution in [0.1, 0.15) is 26.7 Å². The molecular formula is C13H19NO5S. The van der Waals surface area contributed by atoms with Crippen LogP contribution in [0.2, 0.25) is 0 Å². The topological polar surface area (TPSA) is 83.9 Å². The van der Waals surface area contributed by atoms with E-state index < -0.39 is 10.1 Å². The average Bonchev–Trinajstić information content (AvgIpc) is 2.37. The van der Waals surface area contributed by atoms with Crippen LogP contribution >= 0.6 is 0 Å². The van der Waals surface area contributed by atoms with Crippen molar-refractivity contribution >= 4 is 21.7 Å². The number of nitrogens with zero attached hydrogens (tertiary/aromatic N) is 1. The van der Waals surface area contributed by atoms with E-state index in [1.165, 1.54) is 37.1 Å². The minimum absolute atomic E-state index is 0.218. The van der Waals surface area contributed by atoms with Crippen molar-refractivity contribution < 1.29 is 22.5 Å². The minimum atomic E-state index is -4.32. The summed E-state index contributed by atoms with van der Waals surface area (Å²) in [5.74, 6) is 0.160. The molecule has 20 heavy (non-hydrogen) atoms. The molecule has 0 radical (unpaired) electrons. The second-order valence-electron chi connectivity index (χ2n) is 4.33. The third-order valence-corrected chi connectivity index (χ3v) is 3.70. The summed E-state index contributed by atoms with van der Waals surface area (Å²) in [6.45, 7) is 3.84. The first kappa shape index (κ1) is 16.5. The van der Waals surface area contributed by atoms with E-state index in [9.17, 15) is 13.2 Å². The molecule has 0 bridgehead atoms. The number of methoxy groups -OCH3 is 1. The number of carbonyl (C=O) groups is 1. The van der Waals surface area contributed by atoms with Gasteiger partial charge in [-0.15, -0.1) is 0 Å². The SMILES string of the molecule is CCCCN(C(C)=O)c1cc(S(=O)(=O)O)ccc1OC. The van der Waals surface area contributed by atoms with Gasteiger partial charge in [0.15, 0.2) is 0 Å². The highest BCUT2D eigenvalue weighted by Gasteiger charge is 2.19. The quantitative estimate of drug-likeness (QED) is 0.813. The monoisotopic (exact) mass is 301 g/mol. The molecule has 0 saturated heterocycles. The summed E-state index contributed by atoms with van der Waals surface area (Å²) in [6.07, 6.45) is 1.67. The standard InChI is InChI=1S/C13H19NO5S/c1-4-5-8-14(10(2)15)12-9-11(20(16,17)18)6-7-13(12)19-3/h6-7,9H,4-5,8H2,1-3H3,(H,16,17,18). The van der Waals surface area contributed by atoms with Crippen LogP contribution in [-0.2, 0) is 14.9 Å². The zero-order valence-electron chi connectivity index (χ0n) is 11.8. The number of benzene rings is 1. The van der Waals surface area contributed by atoms with Gasteiger partial charge in [0.1, 0.15) is 5.75 Å². The van der Waals surface area contributed by atoms with Gasteiger partial charge in [0.25, 0.3) is 10.1 Å². The lowest BCUT2D eigenvalue weighted by Crippen LogP contribution is -2.30. The summed E-state index contributed by atoms with van der Waals surface area (Å²) in [5.41, 5.74) is 0.337. The highest BCUT2D eigenvalue weighted by Crippen LogP contribution is 2.31. The maximum Gasteiger partial charge on any atom is 0.294 e. The minimum Gasteiger partial charge on any atom is -0.495 e. The van der Waals surface area contributed by atoms with Gasteiger partial charge < -0.3 is 9.64 Å². The molecule has 0 spiro atoms. The number of ether oxygens (including phenoxy) is 1. The first-order valence-corrected chi connectivity index (χ1v) is 7.69. The summed E-state index contributed by atoms with van der Waals surface area (Å²) in [4.78, 5) is 12.9. The molecule has 0 unspecified atom stereocenters. The first-order valence-electron chi connectivity index (χ1n) is 6.25. The number of amides is 1. The number of hydrogen-bond donors (Lipinski definition) is 1. The van der Waals surface area contributed by atoms with Gasteiger partial charge in [-0.3, -0.25) is 9.35 Å². The van der Waals surface area contributed by atoms with Gasteiger partial charge in [-0.2, -0.15) is 8.42 Å². The fourth-order valence-electron chi connectivity index (χ4n) is 1.80. The highest BCUT2D eigenvalue weighted by molar-refractivity contribution is 7.85. The molecule has 7 heteroatoms. The van der Waals surface area contributed by atoms with Crippen molar-refractivity contribution in [2.75, 3.05) is 18.6 Å². The fourth-order valence-corrected chi connectivity index (χ4v) is 2.31. The maximum absolute atomic E-state index is 11.7. The molecule has 0 aromatic heterocycles. The van der Waals surface area contributed by atoms with E-state index in [4.69, 9.17) is 9.29 Å². The van der Waals surface area contributed by atoms with Crippen molar-refractivity contribution in [1.82, 2.24) is 0 Å². The molecule has 1 rings (SSSR count). The Labute approximate surface area is 119 Å². The van der Waals surface area contributed by atoms with E-state index in [0.29, 0.717) is 18.0 Å². The molecule has 112 valence electrons. The summed E-state index contributed by atoms with van der Waals surface area (Å²) in [6, 6.07) is 3.89. The van der Waals surface area contributed by atoms with Gasteiger partial charge in [-0.05, 0) is 24.6 Å². The second-order valence-corrected chi connectivity index (χ2v) is 5.75. The van der Waals surface area contributed by atoms with Crippen LogP contribution in [0.25, 0.3) is 0 Å². The fraction of sp³-hybridized carbons (Fsp3) is 0.462. The maximum atomic E-state index is 11.7. The second kappa shape index (κ2) is 6.71. The molecular weight excluding hydrogens is 282 g/mol. The lowest BCUT2D eigenvalue weighted by atomic mass is 10.2. The Kier molecular flexibility index (Phi) is 5.52. The number of rotatable bonds is 6. The third kappa shape index (κ3) is 3.94. The highest BCUT2D eigenvalue weighted by atomic mass is 32.2. The average molecular weight is 301 g/mol. The van der Waals surface area contributed by atoms with Crippen molar-refractivity contribution in [3.8, 4) is 5.75 Å². The number of carbonyl (C=O) groups excluding carboxylic acids is 1. The van der Waals surface area contributed by atoms with Gasteiger partial charge in [0.2, 0.25) is 5.91 Å². The van der Waals surface area contributed by atoms with Crippen molar-refractivity contribution in [3.63, 3.8) is 0 Å². The molecule has 0 atom stereocenters. The predicted molar refractivity (Wildman–Crippen MR) is 75.7 cm³/mol. The normalized spacial score (nSPS) is 11.2. The zero-order valence-corrected chi connectivity index (χ0v) is 12.6. The van der Waals surface area contributed by atoms with Crippen LogP contribution in [0, 0.1) is 0 Å². The van der Waals surface area contributed by atoms with Crippen LogP contribution < -0.4 is 9.64 Å². The summed E-state index contributed by atoms with van der Waals surface area (Å²) in [5, 5.41) is 0. The zero-order chi connectivity index (χ0) is 15.3. The molecule has 6 nitrogen and oxygen atoms in total. The Morgan fingerprint density at radius 1 is 1.40 bits per heavy atom. The van der Waals surface area contributed by atoms with Crippen LogP contribution in [0.3, 0.4) is 0 Å². The number of hydrogen-bond acceptors (Lipinski definition) is 4. The molecule has 1 amide bonds. The number of anilines is 1. The van der Waals surface area contributed by atoms with E-state index in [2.05, 4.69) is 0 Å². The predicted octanol–water partition coefficient (Wildman–Crippen LogP) is 2.09. The largest absolute Gasteiger partial charge is 0.495 e. The van der Waals surface area contributed by atoms with E-state index in [-0.39, 0.29) is 10.8 Å². The van der Waals surface area contributed by atoms with Gasteiger partial charge in [0, 0.05) is 13.5 Å². The van der Waals surface area contributed by atoms with Crippen molar-refractivity contribution in [3.05, 3.63) is 18.2 Å². The van der Waals surface area contributed by atoms with Crippen molar-refractivity contribution in [2.24, 2.45) is 0 Å². The smallest absolute Gasteiger partial charge is 0.294 e. The van der Waals surface area contributed by atoms with E-state index in [1.54, 1.807) is 0 Å². The molecule has 0 aliphatic carbocycles. The Balaban J connectivity index is 3.33. The van der Waals surface area contributed by atoms with E-state index in [0.717, 1.165) is 12.8 Å². The van der Waals surface area contributed by atoms with Gasteiger partial charge in [-0.1, -0.05) is 13.3 Å². The summed E-state index contributed by atoms with van der Waals surface area (Å²) in [7, 11) is -2.89. The van der Waals surface area contributed by atoms with Gasteiger partial charge >= 0.3 is 0 Å².